The van der Waals surface area contributed by atoms with Gasteiger partial charge in [-0.3, -0.25) is 9.59 Å². The van der Waals surface area contributed by atoms with E-state index in [1.54, 1.807) is 4.90 Å². The van der Waals surface area contributed by atoms with Gasteiger partial charge in [0, 0.05) is 13.1 Å². The zero-order valence-electron chi connectivity index (χ0n) is 11.8. The molecular formula is C16H21NO3. The monoisotopic (exact) mass is 275 g/mol. The number of aryl methyl sites for hydroxylation is 1. The van der Waals surface area contributed by atoms with Crippen LogP contribution in [0.2, 0.25) is 0 Å². The van der Waals surface area contributed by atoms with Crippen LogP contribution in [0, 0.1) is 5.92 Å². The summed E-state index contributed by atoms with van der Waals surface area (Å²) in [6.07, 6.45) is 2.76. The minimum absolute atomic E-state index is 0.0317. The van der Waals surface area contributed by atoms with E-state index in [0.29, 0.717) is 25.9 Å². The van der Waals surface area contributed by atoms with Gasteiger partial charge in [0.15, 0.2) is 0 Å². The lowest BCUT2D eigenvalue weighted by Gasteiger charge is -2.30. The van der Waals surface area contributed by atoms with Gasteiger partial charge in [0.1, 0.15) is 0 Å². The number of hydrogen-bond donors (Lipinski definition) is 1. The highest BCUT2D eigenvalue weighted by Crippen LogP contribution is 2.18. The van der Waals surface area contributed by atoms with E-state index >= 15 is 0 Å². The van der Waals surface area contributed by atoms with E-state index in [0.717, 1.165) is 18.4 Å². The lowest BCUT2D eigenvalue weighted by atomic mass is 9.97. The van der Waals surface area contributed by atoms with Crippen LogP contribution in [-0.4, -0.2) is 35.0 Å². The Balaban J connectivity index is 1.98. The summed E-state index contributed by atoms with van der Waals surface area (Å²) in [5.41, 5.74) is 2.23. The largest absolute Gasteiger partial charge is 0.481 e. The van der Waals surface area contributed by atoms with Crippen molar-refractivity contribution in [2.24, 2.45) is 5.92 Å². The number of carboxylic acids is 1. The number of hydrogen-bond acceptors (Lipinski definition) is 2. The van der Waals surface area contributed by atoms with Gasteiger partial charge in [0.2, 0.25) is 5.91 Å². The smallest absolute Gasteiger partial charge is 0.308 e. The second kappa shape index (κ2) is 6.55. The third-order valence-electron chi connectivity index (χ3n) is 3.88. The number of carbonyl (C=O) groups is 2. The third-order valence-corrected chi connectivity index (χ3v) is 3.88. The van der Waals surface area contributed by atoms with Crippen LogP contribution < -0.4 is 0 Å². The molecule has 1 aliphatic heterocycles. The van der Waals surface area contributed by atoms with Gasteiger partial charge in [-0.05, 0) is 30.4 Å². The Bertz CT molecular complexity index is 498. The van der Waals surface area contributed by atoms with Gasteiger partial charge >= 0.3 is 5.97 Å². The fraction of sp³-hybridized carbons (Fsp3) is 0.500. The molecule has 0 aliphatic carbocycles. The molecule has 4 nitrogen and oxygen atoms in total. The van der Waals surface area contributed by atoms with Crippen molar-refractivity contribution in [3.8, 4) is 0 Å². The number of carboxylic acid groups (broad SMARTS) is 1. The van der Waals surface area contributed by atoms with Crippen molar-refractivity contribution >= 4 is 11.9 Å². The molecule has 1 heterocycles. The van der Waals surface area contributed by atoms with Gasteiger partial charge in [0.05, 0.1) is 12.3 Å². The SMILES string of the molecule is CCc1cccc(CC(=O)N2CCC[C@H](C(=O)O)C2)c1. The molecule has 1 fully saturated rings. The summed E-state index contributed by atoms with van der Waals surface area (Å²) in [6, 6.07) is 8.03. The fourth-order valence-corrected chi connectivity index (χ4v) is 2.65. The first-order valence-corrected chi connectivity index (χ1v) is 7.18. The summed E-state index contributed by atoms with van der Waals surface area (Å²) in [7, 11) is 0. The molecule has 2 rings (SSSR count). The minimum atomic E-state index is -0.796. The van der Waals surface area contributed by atoms with Crippen molar-refractivity contribution < 1.29 is 14.7 Å². The Hall–Kier alpha value is -1.84. The summed E-state index contributed by atoms with van der Waals surface area (Å²) < 4.78 is 0. The van der Waals surface area contributed by atoms with Crippen molar-refractivity contribution in [1.82, 2.24) is 4.90 Å². The van der Waals surface area contributed by atoms with Crippen molar-refractivity contribution in [2.45, 2.75) is 32.6 Å². The van der Waals surface area contributed by atoms with Crippen molar-refractivity contribution in [3.63, 3.8) is 0 Å². The van der Waals surface area contributed by atoms with Gasteiger partial charge in [-0.25, -0.2) is 0 Å². The first-order chi connectivity index (χ1) is 9.60. The first kappa shape index (κ1) is 14.6. The molecule has 0 bridgehead atoms. The van der Waals surface area contributed by atoms with Gasteiger partial charge in [-0.15, -0.1) is 0 Å². The lowest BCUT2D eigenvalue weighted by molar-refractivity contribution is -0.145. The lowest BCUT2D eigenvalue weighted by Crippen LogP contribution is -2.43. The van der Waals surface area contributed by atoms with Gasteiger partial charge in [-0.1, -0.05) is 31.2 Å². The van der Waals surface area contributed by atoms with Crippen LogP contribution in [0.5, 0.6) is 0 Å². The first-order valence-electron chi connectivity index (χ1n) is 7.18. The standard InChI is InChI=1S/C16H21NO3/c1-2-12-5-3-6-13(9-12)10-15(18)17-8-4-7-14(11-17)16(19)20/h3,5-6,9,14H,2,4,7-8,10-11H2,1H3,(H,19,20)/t14-/m0/s1. The highest BCUT2D eigenvalue weighted by Gasteiger charge is 2.27. The number of benzene rings is 1. The van der Waals surface area contributed by atoms with Crippen LogP contribution in [0.25, 0.3) is 0 Å². The van der Waals surface area contributed by atoms with Crippen molar-refractivity contribution in [1.29, 1.82) is 0 Å². The molecule has 0 radical (unpaired) electrons. The normalized spacial score (nSPS) is 18.9. The zero-order valence-corrected chi connectivity index (χ0v) is 11.8. The van der Waals surface area contributed by atoms with Crippen molar-refractivity contribution in [2.75, 3.05) is 13.1 Å². The van der Waals surface area contributed by atoms with E-state index < -0.39 is 11.9 Å². The number of rotatable bonds is 4. The molecule has 108 valence electrons. The molecule has 1 aromatic carbocycles. The summed E-state index contributed by atoms with van der Waals surface area (Å²) >= 11 is 0. The zero-order chi connectivity index (χ0) is 14.5. The Kier molecular flexibility index (Phi) is 4.77. The van der Waals surface area contributed by atoms with Crippen LogP contribution in [0.4, 0.5) is 0 Å². The van der Waals surface area contributed by atoms with Crippen LogP contribution in [0.1, 0.15) is 30.9 Å². The van der Waals surface area contributed by atoms with Gasteiger partial charge in [0.25, 0.3) is 0 Å². The van der Waals surface area contributed by atoms with E-state index in [2.05, 4.69) is 19.1 Å². The van der Waals surface area contributed by atoms with Crippen LogP contribution in [-0.2, 0) is 22.4 Å². The van der Waals surface area contributed by atoms with E-state index in [4.69, 9.17) is 5.11 Å². The number of aliphatic carboxylic acids is 1. The maximum atomic E-state index is 12.3. The molecule has 0 spiro atoms. The average molecular weight is 275 g/mol. The van der Waals surface area contributed by atoms with Crippen molar-refractivity contribution in [3.05, 3.63) is 35.4 Å². The van der Waals surface area contributed by atoms with E-state index in [1.807, 2.05) is 12.1 Å². The molecule has 0 aromatic heterocycles. The Morgan fingerprint density at radius 1 is 1.35 bits per heavy atom. The number of carbonyl (C=O) groups excluding carboxylic acids is 1. The minimum Gasteiger partial charge on any atom is -0.481 e. The average Bonchev–Trinajstić information content (AvgIpc) is 2.47. The van der Waals surface area contributed by atoms with Crippen LogP contribution in [0.3, 0.4) is 0 Å². The molecule has 1 aliphatic rings. The quantitative estimate of drug-likeness (QED) is 0.915. The summed E-state index contributed by atoms with van der Waals surface area (Å²) in [5.74, 6) is -1.17. The number of likely N-dealkylation sites (tertiary alicyclic amines) is 1. The fourth-order valence-electron chi connectivity index (χ4n) is 2.65. The number of amides is 1. The van der Waals surface area contributed by atoms with Crippen LogP contribution >= 0.6 is 0 Å². The summed E-state index contributed by atoms with van der Waals surface area (Å²) in [5, 5.41) is 9.06. The molecule has 1 N–H and O–H groups in total. The number of nitrogens with zero attached hydrogens (tertiary/aromatic N) is 1. The number of piperidine rings is 1. The topological polar surface area (TPSA) is 57.6 Å². The molecule has 1 saturated heterocycles. The molecule has 1 atom stereocenters. The Morgan fingerprint density at radius 2 is 2.10 bits per heavy atom. The summed E-state index contributed by atoms with van der Waals surface area (Å²) in [6.45, 7) is 3.11. The van der Waals surface area contributed by atoms with Gasteiger partial charge in [-0.2, -0.15) is 0 Å². The van der Waals surface area contributed by atoms with E-state index in [-0.39, 0.29) is 5.91 Å². The second-order valence-electron chi connectivity index (χ2n) is 5.37. The second-order valence-corrected chi connectivity index (χ2v) is 5.37. The van der Waals surface area contributed by atoms with Gasteiger partial charge < -0.3 is 10.0 Å². The van der Waals surface area contributed by atoms with Crippen LogP contribution in [0.15, 0.2) is 24.3 Å². The molecule has 1 amide bonds. The Labute approximate surface area is 119 Å². The highest BCUT2D eigenvalue weighted by molar-refractivity contribution is 5.80. The molecule has 20 heavy (non-hydrogen) atoms. The van der Waals surface area contributed by atoms with E-state index in [1.165, 1.54) is 5.56 Å². The predicted molar refractivity (Wildman–Crippen MR) is 76.5 cm³/mol. The maximum absolute atomic E-state index is 12.3. The predicted octanol–water partition coefficient (Wildman–Crippen LogP) is 2.11. The molecule has 0 unspecified atom stereocenters. The third kappa shape index (κ3) is 3.59. The summed E-state index contributed by atoms with van der Waals surface area (Å²) in [4.78, 5) is 25.0. The maximum Gasteiger partial charge on any atom is 0.308 e. The molecule has 1 aromatic rings. The molecule has 0 saturated carbocycles. The molecule has 4 heteroatoms. The highest BCUT2D eigenvalue weighted by atomic mass is 16.4. The molecular weight excluding hydrogens is 254 g/mol. The van der Waals surface area contributed by atoms with E-state index in [9.17, 15) is 9.59 Å². The Morgan fingerprint density at radius 3 is 2.80 bits per heavy atom.